The minimum Gasteiger partial charge on any atom is -0.370 e. The second-order valence-electron chi connectivity index (χ2n) is 4.42. The van der Waals surface area contributed by atoms with Crippen molar-refractivity contribution in [3.05, 3.63) is 53.2 Å². The summed E-state index contributed by atoms with van der Waals surface area (Å²) in [5.74, 6) is 0.676. The number of hydrogen-bond donors (Lipinski definition) is 2. The predicted octanol–water partition coefficient (Wildman–Crippen LogP) is 3.35. The van der Waals surface area contributed by atoms with Crippen LogP contribution < -0.4 is 10.6 Å². The average molecular weight is 290 g/mol. The van der Waals surface area contributed by atoms with E-state index >= 15 is 0 Å². The molecule has 0 unspecified atom stereocenters. The molecule has 4 nitrogen and oxygen atoms in total. The van der Waals surface area contributed by atoms with Crippen molar-refractivity contribution in [2.45, 2.75) is 13.3 Å². The molecule has 20 heavy (non-hydrogen) atoms. The molecular formula is C15H16ClN3O. The van der Waals surface area contributed by atoms with Gasteiger partial charge in [0.05, 0.1) is 11.9 Å². The first-order valence-electron chi connectivity index (χ1n) is 6.35. The van der Waals surface area contributed by atoms with Crippen LogP contribution in [-0.2, 0) is 11.2 Å². The lowest BCUT2D eigenvalue weighted by Crippen LogP contribution is -2.08. The molecule has 1 amide bonds. The van der Waals surface area contributed by atoms with Gasteiger partial charge in [-0.1, -0.05) is 23.7 Å². The van der Waals surface area contributed by atoms with Gasteiger partial charge in [0.15, 0.2) is 0 Å². The highest BCUT2D eigenvalue weighted by atomic mass is 35.5. The van der Waals surface area contributed by atoms with E-state index in [4.69, 9.17) is 11.6 Å². The average Bonchev–Trinajstić information content (AvgIpc) is 2.40. The van der Waals surface area contributed by atoms with Gasteiger partial charge in [0.1, 0.15) is 5.82 Å². The Hall–Kier alpha value is -2.07. The number of rotatable bonds is 5. The Morgan fingerprint density at radius 2 is 2.15 bits per heavy atom. The van der Waals surface area contributed by atoms with Crippen LogP contribution in [0.15, 0.2) is 42.6 Å². The van der Waals surface area contributed by atoms with Gasteiger partial charge in [-0.05, 0) is 36.2 Å². The molecule has 2 rings (SSSR count). The summed E-state index contributed by atoms with van der Waals surface area (Å²) in [5, 5.41) is 6.65. The molecule has 0 aliphatic heterocycles. The maximum absolute atomic E-state index is 10.9. The summed E-state index contributed by atoms with van der Waals surface area (Å²) in [4.78, 5) is 15.1. The molecule has 1 aromatic carbocycles. The van der Waals surface area contributed by atoms with E-state index in [1.165, 1.54) is 12.5 Å². The van der Waals surface area contributed by atoms with Crippen LogP contribution in [-0.4, -0.2) is 17.4 Å². The van der Waals surface area contributed by atoms with Gasteiger partial charge in [-0.3, -0.25) is 4.79 Å². The van der Waals surface area contributed by atoms with E-state index < -0.39 is 0 Å². The molecule has 0 spiro atoms. The Labute approximate surface area is 123 Å². The third kappa shape index (κ3) is 4.55. The Balaban J connectivity index is 1.83. The first-order valence-corrected chi connectivity index (χ1v) is 6.73. The van der Waals surface area contributed by atoms with E-state index in [-0.39, 0.29) is 5.91 Å². The Kier molecular flexibility index (Phi) is 4.96. The Morgan fingerprint density at radius 3 is 2.80 bits per heavy atom. The van der Waals surface area contributed by atoms with Crippen LogP contribution in [0.3, 0.4) is 0 Å². The molecule has 0 aliphatic carbocycles. The maximum atomic E-state index is 10.9. The molecule has 104 valence electrons. The minimum atomic E-state index is -0.103. The summed E-state index contributed by atoms with van der Waals surface area (Å²) in [6, 6.07) is 11.5. The molecule has 0 aliphatic rings. The summed E-state index contributed by atoms with van der Waals surface area (Å²) >= 11 is 5.93. The number of anilines is 2. The van der Waals surface area contributed by atoms with Crippen molar-refractivity contribution < 1.29 is 4.79 Å². The zero-order chi connectivity index (χ0) is 14.4. The number of halogens is 1. The van der Waals surface area contributed by atoms with Gasteiger partial charge in [0, 0.05) is 18.5 Å². The number of aromatic nitrogens is 1. The fourth-order valence-corrected chi connectivity index (χ4v) is 2.02. The Morgan fingerprint density at radius 1 is 1.30 bits per heavy atom. The van der Waals surface area contributed by atoms with Gasteiger partial charge in [0.25, 0.3) is 0 Å². The fraction of sp³-hybridized carbons (Fsp3) is 0.200. The normalized spacial score (nSPS) is 10.1. The molecule has 1 aromatic heterocycles. The van der Waals surface area contributed by atoms with Crippen molar-refractivity contribution in [2.75, 3.05) is 17.2 Å². The smallest absolute Gasteiger partial charge is 0.221 e. The largest absolute Gasteiger partial charge is 0.370 e. The first-order chi connectivity index (χ1) is 9.63. The fourth-order valence-electron chi connectivity index (χ4n) is 1.80. The molecule has 2 N–H and O–H groups in total. The molecule has 0 bridgehead atoms. The SMILES string of the molecule is CC(=O)Nc1ccc(NCCc2cccc(Cl)c2)nc1. The molecular weight excluding hydrogens is 274 g/mol. The quantitative estimate of drug-likeness (QED) is 0.887. The summed E-state index contributed by atoms with van der Waals surface area (Å²) in [7, 11) is 0. The van der Waals surface area contributed by atoms with Crippen molar-refractivity contribution >= 4 is 29.0 Å². The van der Waals surface area contributed by atoms with Crippen LogP contribution >= 0.6 is 11.6 Å². The van der Waals surface area contributed by atoms with Gasteiger partial charge in [-0.25, -0.2) is 4.98 Å². The summed E-state index contributed by atoms with van der Waals surface area (Å²) < 4.78 is 0. The zero-order valence-electron chi connectivity index (χ0n) is 11.2. The van der Waals surface area contributed by atoms with Crippen LogP contribution in [0.1, 0.15) is 12.5 Å². The third-order valence-electron chi connectivity index (χ3n) is 2.69. The Bertz CT molecular complexity index is 584. The highest BCUT2D eigenvalue weighted by Crippen LogP contribution is 2.12. The van der Waals surface area contributed by atoms with E-state index in [0.29, 0.717) is 5.69 Å². The van der Waals surface area contributed by atoms with E-state index in [0.717, 1.165) is 23.8 Å². The maximum Gasteiger partial charge on any atom is 0.221 e. The zero-order valence-corrected chi connectivity index (χ0v) is 11.9. The number of carbonyl (C=O) groups is 1. The number of amides is 1. The summed E-state index contributed by atoms with van der Waals surface area (Å²) in [5.41, 5.74) is 1.87. The minimum absolute atomic E-state index is 0.103. The topological polar surface area (TPSA) is 54.0 Å². The van der Waals surface area contributed by atoms with Crippen molar-refractivity contribution in [1.82, 2.24) is 4.98 Å². The van der Waals surface area contributed by atoms with Crippen molar-refractivity contribution in [3.8, 4) is 0 Å². The van der Waals surface area contributed by atoms with Crippen molar-refractivity contribution in [2.24, 2.45) is 0 Å². The van der Waals surface area contributed by atoms with Crippen LogP contribution in [0, 0.1) is 0 Å². The first kappa shape index (κ1) is 14.3. The van der Waals surface area contributed by atoms with Crippen molar-refractivity contribution in [1.29, 1.82) is 0 Å². The number of carbonyl (C=O) groups excluding carboxylic acids is 1. The lowest BCUT2D eigenvalue weighted by molar-refractivity contribution is -0.114. The number of nitrogens with one attached hydrogen (secondary N) is 2. The summed E-state index contributed by atoms with van der Waals surface area (Å²) in [6.45, 7) is 2.24. The molecule has 0 saturated carbocycles. The molecule has 0 fully saturated rings. The molecule has 2 aromatic rings. The van der Waals surface area contributed by atoms with Crippen LogP contribution in [0.4, 0.5) is 11.5 Å². The number of nitrogens with zero attached hydrogens (tertiary/aromatic N) is 1. The molecule has 0 radical (unpaired) electrons. The van der Waals surface area contributed by atoms with Crippen LogP contribution in [0.5, 0.6) is 0 Å². The van der Waals surface area contributed by atoms with Crippen LogP contribution in [0.25, 0.3) is 0 Å². The molecule has 0 saturated heterocycles. The predicted molar refractivity (Wildman–Crippen MR) is 82.2 cm³/mol. The van der Waals surface area contributed by atoms with Gasteiger partial charge >= 0.3 is 0 Å². The molecule has 5 heteroatoms. The second kappa shape index (κ2) is 6.91. The van der Waals surface area contributed by atoms with E-state index in [1.807, 2.05) is 36.4 Å². The van der Waals surface area contributed by atoms with Gasteiger partial charge < -0.3 is 10.6 Å². The lowest BCUT2D eigenvalue weighted by Gasteiger charge is -2.07. The highest BCUT2D eigenvalue weighted by molar-refractivity contribution is 6.30. The van der Waals surface area contributed by atoms with Gasteiger partial charge in [0.2, 0.25) is 5.91 Å². The van der Waals surface area contributed by atoms with Gasteiger partial charge in [-0.2, -0.15) is 0 Å². The third-order valence-corrected chi connectivity index (χ3v) is 2.93. The highest BCUT2D eigenvalue weighted by Gasteiger charge is 1.98. The summed E-state index contributed by atoms with van der Waals surface area (Å²) in [6.07, 6.45) is 2.50. The van der Waals surface area contributed by atoms with Crippen molar-refractivity contribution in [3.63, 3.8) is 0 Å². The molecule has 0 atom stereocenters. The lowest BCUT2D eigenvalue weighted by atomic mass is 10.1. The second-order valence-corrected chi connectivity index (χ2v) is 4.86. The van der Waals surface area contributed by atoms with Gasteiger partial charge in [-0.15, -0.1) is 0 Å². The standard InChI is InChI=1S/C15H16ClN3O/c1-11(20)19-14-5-6-15(18-10-14)17-8-7-12-3-2-4-13(16)9-12/h2-6,9-10H,7-8H2,1H3,(H,17,18)(H,19,20). The van der Waals surface area contributed by atoms with E-state index in [1.54, 1.807) is 6.20 Å². The number of benzene rings is 1. The monoisotopic (exact) mass is 289 g/mol. The van der Waals surface area contributed by atoms with E-state index in [2.05, 4.69) is 15.6 Å². The number of pyridine rings is 1. The number of hydrogen-bond acceptors (Lipinski definition) is 3. The molecule has 1 heterocycles. The van der Waals surface area contributed by atoms with Crippen LogP contribution in [0.2, 0.25) is 5.02 Å². The van der Waals surface area contributed by atoms with E-state index in [9.17, 15) is 4.79 Å².